The van der Waals surface area contributed by atoms with Gasteiger partial charge in [0.05, 0.1) is 0 Å². The lowest BCUT2D eigenvalue weighted by atomic mass is 9.87. The van der Waals surface area contributed by atoms with Crippen LogP contribution >= 0.6 is 0 Å². The number of furan rings is 2. The maximum Gasteiger partial charge on any atom is 0.164 e. The molecule has 13 rings (SSSR count). The molecule has 0 fully saturated rings. The van der Waals surface area contributed by atoms with Crippen molar-refractivity contribution in [1.82, 2.24) is 15.0 Å². The van der Waals surface area contributed by atoms with Gasteiger partial charge in [-0.3, -0.25) is 0 Å². The van der Waals surface area contributed by atoms with E-state index in [2.05, 4.69) is 127 Å². The number of hydrogen-bond donors (Lipinski definition) is 0. The summed E-state index contributed by atoms with van der Waals surface area (Å²) in [6.45, 7) is 0. The highest BCUT2D eigenvalue weighted by molar-refractivity contribution is 6.33. The molecule has 0 saturated heterocycles. The van der Waals surface area contributed by atoms with E-state index in [-0.39, 0.29) is 0 Å². The van der Waals surface area contributed by atoms with Crippen molar-refractivity contribution in [2.24, 2.45) is 0 Å². The minimum atomic E-state index is 0.567. The van der Waals surface area contributed by atoms with Crippen molar-refractivity contribution < 1.29 is 8.83 Å². The van der Waals surface area contributed by atoms with Gasteiger partial charge >= 0.3 is 0 Å². The second-order valence-corrected chi connectivity index (χ2v) is 15.4. The minimum Gasteiger partial charge on any atom is -0.456 e. The predicted molar refractivity (Wildman–Crippen MR) is 246 cm³/mol. The number of benzene rings is 10. The summed E-state index contributed by atoms with van der Waals surface area (Å²) in [5.74, 6) is 1.71. The summed E-state index contributed by atoms with van der Waals surface area (Å²) in [5.41, 5.74) is 8.08. The molecular weight excluding hydrogens is 735 g/mol. The summed E-state index contributed by atoms with van der Waals surface area (Å²) in [6, 6.07) is 65.8. The molecule has 10 aromatic carbocycles. The minimum absolute atomic E-state index is 0.567. The van der Waals surface area contributed by atoms with Crippen molar-refractivity contribution in [3.63, 3.8) is 0 Å². The molecule has 0 radical (unpaired) electrons. The van der Waals surface area contributed by atoms with Crippen LogP contribution in [-0.4, -0.2) is 15.0 Å². The summed E-state index contributed by atoms with van der Waals surface area (Å²) in [4.78, 5) is 15.9. The highest BCUT2D eigenvalue weighted by Crippen LogP contribution is 2.44. The Morgan fingerprint density at radius 1 is 0.250 bits per heavy atom. The fourth-order valence-electron chi connectivity index (χ4n) is 9.50. The molecular formula is C55H31N3O2. The van der Waals surface area contributed by atoms with E-state index >= 15 is 0 Å². The van der Waals surface area contributed by atoms with Crippen molar-refractivity contribution in [2.45, 2.75) is 0 Å². The second kappa shape index (κ2) is 12.7. The van der Waals surface area contributed by atoms with Crippen LogP contribution in [0.5, 0.6) is 0 Å². The lowest BCUT2D eigenvalue weighted by molar-refractivity contribution is 0.668. The third kappa shape index (κ3) is 4.84. The topological polar surface area (TPSA) is 65.0 Å². The first kappa shape index (κ1) is 32.9. The van der Waals surface area contributed by atoms with E-state index in [1.807, 2.05) is 60.7 Å². The number of aromatic nitrogens is 3. The molecule has 0 unspecified atom stereocenters. The summed E-state index contributed by atoms with van der Waals surface area (Å²) >= 11 is 0. The molecule has 5 heteroatoms. The van der Waals surface area contributed by atoms with Crippen LogP contribution in [0.1, 0.15) is 0 Å². The Bertz CT molecular complexity index is 3780. The molecule has 13 aromatic rings. The van der Waals surface area contributed by atoms with E-state index in [0.29, 0.717) is 17.5 Å². The molecule has 0 aliphatic rings. The molecule has 0 saturated carbocycles. The molecule has 278 valence electrons. The van der Waals surface area contributed by atoms with Gasteiger partial charge in [0.1, 0.15) is 22.3 Å². The molecule has 3 aromatic heterocycles. The van der Waals surface area contributed by atoms with Crippen molar-refractivity contribution in [3.05, 3.63) is 188 Å². The number of para-hydroxylation sites is 2. The van der Waals surface area contributed by atoms with Gasteiger partial charge in [-0.25, -0.2) is 15.0 Å². The Kier molecular flexibility index (Phi) is 6.95. The summed E-state index contributed by atoms with van der Waals surface area (Å²) < 4.78 is 12.7. The van der Waals surface area contributed by atoms with Crippen LogP contribution in [0.3, 0.4) is 0 Å². The SMILES string of the molecule is c1cc(-c2nc(-c3cccc4oc5ccccc5c34)nc(-c3cccc4oc5ccccc5c34)n2)cc(-c2cc3c4ccccc4c4ccccc4c3c3ccccc23)c1. The molecule has 60 heavy (non-hydrogen) atoms. The zero-order valence-electron chi connectivity index (χ0n) is 32.1. The van der Waals surface area contributed by atoms with Crippen LogP contribution in [0.25, 0.3) is 132 Å². The number of rotatable bonds is 4. The molecule has 3 heterocycles. The molecule has 0 spiro atoms. The van der Waals surface area contributed by atoms with Gasteiger partial charge in [-0.1, -0.05) is 152 Å². The first-order valence-electron chi connectivity index (χ1n) is 20.2. The highest BCUT2D eigenvalue weighted by Gasteiger charge is 2.21. The Morgan fingerprint density at radius 3 is 1.27 bits per heavy atom. The average Bonchev–Trinajstić information content (AvgIpc) is 3.90. The van der Waals surface area contributed by atoms with E-state index in [1.165, 1.54) is 43.1 Å². The smallest absolute Gasteiger partial charge is 0.164 e. The molecule has 5 nitrogen and oxygen atoms in total. The zero-order valence-corrected chi connectivity index (χ0v) is 32.1. The van der Waals surface area contributed by atoms with E-state index in [9.17, 15) is 0 Å². The monoisotopic (exact) mass is 765 g/mol. The Morgan fingerprint density at radius 2 is 0.667 bits per heavy atom. The third-order valence-corrected chi connectivity index (χ3v) is 12.1. The number of fused-ring (bicyclic) bond motifs is 14. The molecule has 0 amide bonds. The van der Waals surface area contributed by atoms with Gasteiger partial charge < -0.3 is 8.83 Å². The second-order valence-electron chi connectivity index (χ2n) is 15.4. The third-order valence-electron chi connectivity index (χ3n) is 12.1. The van der Waals surface area contributed by atoms with Crippen molar-refractivity contribution in [1.29, 1.82) is 0 Å². The van der Waals surface area contributed by atoms with Crippen molar-refractivity contribution in [3.8, 4) is 45.3 Å². The standard InChI is InChI=1S/C55H31N3O2/c1-2-18-36-34(16-1)35-17-3-5-20-38(35)50-39-21-6-4-19-37(39)44(31-45(36)50)32-14-11-15-33(30-32)53-56-54(42-24-12-28-48-51(42)40-22-7-9-26-46(40)59-48)58-55(57-53)43-25-13-29-49-52(43)41-23-8-10-27-47(41)60-49/h1-31H. The zero-order chi connectivity index (χ0) is 39.3. The normalized spacial score (nSPS) is 12.0. The number of nitrogens with zero attached hydrogens (tertiary/aromatic N) is 3. The molecule has 0 aliphatic carbocycles. The van der Waals surface area contributed by atoms with E-state index < -0.39 is 0 Å². The fraction of sp³-hybridized carbons (Fsp3) is 0. The molecule has 0 aliphatic heterocycles. The lowest BCUT2D eigenvalue weighted by Gasteiger charge is -2.16. The van der Waals surface area contributed by atoms with Crippen molar-refractivity contribution >= 4 is 87.0 Å². The fourth-order valence-corrected chi connectivity index (χ4v) is 9.50. The predicted octanol–water partition coefficient (Wildman–Crippen LogP) is 15.0. The van der Waals surface area contributed by atoms with Gasteiger partial charge in [-0.15, -0.1) is 0 Å². The quantitative estimate of drug-likeness (QED) is 0.167. The lowest BCUT2D eigenvalue weighted by Crippen LogP contribution is -2.01. The van der Waals surface area contributed by atoms with Gasteiger partial charge in [-0.2, -0.15) is 0 Å². The van der Waals surface area contributed by atoms with Crippen LogP contribution in [0.15, 0.2) is 197 Å². The van der Waals surface area contributed by atoms with Gasteiger partial charge in [0.25, 0.3) is 0 Å². The Labute approximate surface area is 342 Å². The number of hydrogen-bond acceptors (Lipinski definition) is 5. The maximum absolute atomic E-state index is 6.34. The Balaban J connectivity index is 1.08. The molecule has 0 N–H and O–H groups in total. The first-order chi connectivity index (χ1) is 29.7. The Hall–Kier alpha value is -8.15. The van der Waals surface area contributed by atoms with Crippen LogP contribution in [-0.2, 0) is 0 Å². The average molecular weight is 766 g/mol. The molecule has 0 atom stereocenters. The first-order valence-corrected chi connectivity index (χ1v) is 20.2. The highest BCUT2D eigenvalue weighted by atomic mass is 16.3. The van der Waals surface area contributed by atoms with Gasteiger partial charge in [0.2, 0.25) is 0 Å². The van der Waals surface area contributed by atoms with Crippen LogP contribution < -0.4 is 0 Å². The van der Waals surface area contributed by atoms with Crippen LogP contribution in [0.4, 0.5) is 0 Å². The molecule has 0 bridgehead atoms. The maximum atomic E-state index is 6.34. The van der Waals surface area contributed by atoms with Crippen LogP contribution in [0.2, 0.25) is 0 Å². The largest absolute Gasteiger partial charge is 0.456 e. The van der Waals surface area contributed by atoms with Crippen LogP contribution in [0, 0.1) is 0 Å². The summed E-state index contributed by atoms with van der Waals surface area (Å²) in [6.07, 6.45) is 0. The van der Waals surface area contributed by atoms with E-state index in [4.69, 9.17) is 23.8 Å². The van der Waals surface area contributed by atoms with Gasteiger partial charge in [-0.05, 0) is 90.6 Å². The van der Waals surface area contributed by atoms with Gasteiger partial charge in [0.15, 0.2) is 17.5 Å². The summed E-state index contributed by atoms with van der Waals surface area (Å²) in [7, 11) is 0. The summed E-state index contributed by atoms with van der Waals surface area (Å²) in [5, 5.41) is 13.9. The van der Waals surface area contributed by atoms with E-state index in [1.54, 1.807) is 0 Å². The van der Waals surface area contributed by atoms with Gasteiger partial charge in [0, 0.05) is 38.2 Å². The van der Waals surface area contributed by atoms with E-state index in [0.717, 1.165) is 71.7 Å². The van der Waals surface area contributed by atoms with Crippen molar-refractivity contribution in [2.75, 3.05) is 0 Å².